The summed E-state index contributed by atoms with van der Waals surface area (Å²) in [6.45, 7) is 12.1. The van der Waals surface area contributed by atoms with Crippen LogP contribution >= 0.6 is 11.5 Å². The van der Waals surface area contributed by atoms with E-state index >= 15 is 0 Å². The average molecular weight is 511 g/mol. The summed E-state index contributed by atoms with van der Waals surface area (Å²) < 4.78 is 6.02. The molecule has 3 aliphatic rings. The number of carbonyl (C=O) groups is 2. The molecule has 0 bridgehead atoms. The van der Waals surface area contributed by atoms with Crippen LogP contribution in [0, 0.1) is 29.6 Å². The average Bonchev–Trinajstić information content (AvgIpc) is 3.44. The van der Waals surface area contributed by atoms with Crippen molar-refractivity contribution in [1.82, 2.24) is 14.2 Å². The van der Waals surface area contributed by atoms with Crippen molar-refractivity contribution in [2.24, 2.45) is 29.6 Å². The zero-order valence-corrected chi connectivity index (χ0v) is 23.0. The molecular weight excluding hydrogens is 468 g/mol. The van der Waals surface area contributed by atoms with Crippen molar-refractivity contribution in [1.29, 1.82) is 0 Å². The minimum atomic E-state index is -0.121. The molecule has 1 aromatic carbocycles. The van der Waals surface area contributed by atoms with Gasteiger partial charge in [0.1, 0.15) is 5.82 Å². The lowest BCUT2D eigenvalue weighted by Crippen LogP contribution is -2.49. The molecule has 5 rings (SSSR count). The molecule has 6 nitrogen and oxygen atoms in total. The van der Waals surface area contributed by atoms with Gasteiger partial charge in [0, 0.05) is 44.7 Å². The van der Waals surface area contributed by atoms with Gasteiger partial charge in [0.15, 0.2) is 0 Å². The Balaban J connectivity index is 1.20. The highest BCUT2D eigenvalue weighted by Crippen LogP contribution is 2.39. The molecule has 3 fully saturated rings. The van der Waals surface area contributed by atoms with Crippen LogP contribution in [0.1, 0.15) is 59.3 Å². The standard InChI is InChI=1S/C29H42N4O2S/c1-4-20(3)26-23(5-2)28(34)33(29(26)35)19-22-11-7-6-10-21(22)18-31-14-16-32(17-15-31)27-24-12-8-9-13-25(24)36-30-27/h8-9,12-13,20-23,26H,4-7,10-11,14-19H2,1-3H3/t20?,21-,22-,23+,26-/m0/s1. The molecule has 2 saturated heterocycles. The molecule has 3 heterocycles. The number of fused-ring (bicyclic) bond motifs is 1. The lowest BCUT2D eigenvalue weighted by molar-refractivity contribution is -0.141. The van der Waals surface area contributed by atoms with Gasteiger partial charge in [-0.1, -0.05) is 52.2 Å². The molecule has 1 unspecified atom stereocenters. The Bertz CT molecular complexity index is 1060. The summed E-state index contributed by atoms with van der Waals surface area (Å²) in [4.78, 5) is 33.4. The van der Waals surface area contributed by atoms with E-state index in [1.807, 2.05) is 0 Å². The highest BCUT2D eigenvalue weighted by molar-refractivity contribution is 7.13. The number of benzene rings is 1. The Morgan fingerprint density at radius 1 is 0.972 bits per heavy atom. The first kappa shape index (κ1) is 25.7. The Hall–Kier alpha value is -1.99. The number of piperazine rings is 1. The Kier molecular flexibility index (Phi) is 7.96. The number of rotatable bonds is 8. The van der Waals surface area contributed by atoms with Crippen LogP contribution in [-0.4, -0.2) is 65.3 Å². The fourth-order valence-electron chi connectivity index (χ4n) is 6.89. The molecule has 7 heteroatoms. The van der Waals surface area contributed by atoms with E-state index in [1.165, 1.54) is 29.3 Å². The predicted molar refractivity (Wildman–Crippen MR) is 147 cm³/mol. The molecule has 2 amide bonds. The maximum Gasteiger partial charge on any atom is 0.233 e. The zero-order chi connectivity index (χ0) is 25.2. The van der Waals surface area contributed by atoms with Crippen LogP contribution in [0.2, 0.25) is 0 Å². The van der Waals surface area contributed by atoms with Crippen LogP contribution in [-0.2, 0) is 9.59 Å². The third kappa shape index (κ3) is 4.93. The second-order valence-electron chi connectivity index (χ2n) is 11.3. The number of likely N-dealkylation sites (tertiary alicyclic amines) is 1. The van der Waals surface area contributed by atoms with E-state index in [2.05, 4.69) is 54.8 Å². The van der Waals surface area contributed by atoms with Gasteiger partial charge in [-0.2, -0.15) is 4.37 Å². The van der Waals surface area contributed by atoms with Gasteiger partial charge in [-0.05, 0) is 60.7 Å². The first-order valence-corrected chi connectivity index (χ1v) is 15.0. The van der Waals surface area contributed by atoms with Gasteiger partial charge in [0.25, 0.3) is 0 Å². The summed E-state index contributed by atoms with van der Waals surface area (Å²) in [5.74, 6) is 2.36. The number of anilines is 1. The molecule has 36 heavy (non-hydrogen) atoms. The van der Waals surface area contributed by atoms with E-state index in [9.17, 15) is 9.59 Å². The number of amides is 2. The molecule has 0 N–H and O–H groups in total. The van der Waals surface area contributed by atoms with Crippen molar-refractivity contribution in [3.05, 3.63) is 24.3 Å². The van der Waals surface area contributed by atoms with Crippen LogP contribution in [0.15, 0.2) is 24.3 Å². The molecule has 2 aromatic rings. The molecule has 1 saturated carbocycles. The Morgan fingerprint density at radius 3 is 2.36 bits per heavy atom. The van der Waals surface area contributed by atoms with E-state index in [4.69, 9.17) is 4.37 Å². The van der Waals surface area contributed by atoms with Gasteiger partial charge in [0.05, 0.1) is 16.5 Å². The molecular formula is C29H42N4O2S. The van der Waals surface area contributed by atoms with E-state index in [1.54, 1.807) is 16.4 Å². The summed E-state index contributed by atoms with van der Waals surface area (Å²) in [6, 6.07) is 8.52. The van der Waals surface area contributed by atoms with Crippen LogP contribution in [0.5, 0.6) is 0 Å². The second-order valence-corrected chi connectivity index (χ2v) is 12.1. The number of aromatic nitrogens is 1. The van der Waals surface area contributed by atoms with Gasteiger partial charge in [0.2, 0.25) is 11.8 Å². The summed E-state index contributed by atoms with van der Waals surface area (Å²) in [6.07, 6.45) is 6.54. The van der Waals surface area contributed by atoms with Gasteiger partial charge >= 0.3 is 0 Å². The lowest BCUT2D eigenvalue weighted by Gasteiger charge is -2.40. The second kappa shape index (κ2) is 11.2. The van der Waals surface area contributed by atoms with Crippen molar-refractivity contribution >= 4 is 39.3 Å². The van der Waals surface area contributed by atoms with E-state index in [-0.39, 0.29) is 29.6 Å². The summed E-state index contributed by atoms with van der Waals surface area (Å²) in [7, 11) is 0. The van der Waals surface area contributed by atoms with Gasteiger partial charge in [-0.15, -0.1) is 0 Å². The number of hydrogen-bond acceptors (Lipinski definition) is 6. The number of nitrogens with zero attached hydrogens (tertiary/aromatic N) is 4. The predicted octanol–water partition coefficient (Wildman–Crippen LogP) is 5.28. The van der Waals surface area contributed by atoms with Crippen LogP contribution in [0.4, 0.5) is 5.82 Å². The Morgan fingerprint density at radius 2 is 1.67 bits per heavy atom. The van der Waals surface area contributed by atoms with Crippen molar-refractivity contribution in [2.75, 3.05) is 44.2 Å². The topological polar surface area (TPSA) is 56.8 Å². The van der Waals surface area contributed by atoms with Crippen molar-refractivity contribution in [3.63, 3.8) is 0 Å². The third-order valence-electron chi connectivity index (χ3n) is 9.27. The van der Waals surface area contributed by atoms with Crippen LogP contribution in [0.3, 0.4) is 0 Å². The fourth-order valence-corrected chi connectivity index (χ4v) is 7.69. The normalized spacial score (nSPS) is 28.9. The molecule has 1 aliphatic carbocycles. The highest BCUT2D eigenvalue weighted by atomic mass is 32.1. The van der Waals surface area contributed by atoms with E-state index < -0.39 is 0 Å². The fraction of sp³-hybridized carbons (Fsp3) is 0.690. The van der Waals surface area contributed by atoms with Gasteiger partial charge < -0.3 is 4.90 Å². The minimum Gasteiger partial charge on any atom is -0.353 e. The molecule has 1 aromatic heterocycles. The van der Waals surface area contributed by atoms with Crippen molar-refractivity contribution < 1.29 is 9.59 Å². The van der Waals surface area contributed by atoms with E-state index in [0.29, 0.717) is 18.4 Å². The molecule has 0 radical (unpaired) electrons. The highest BCUT2D eigenvalue weighted by Gasteiger charge is 2.49. The largest absolute Gasteiger partial charge is 0.353 e. The summed E-state index contributed by atoms with van der Waals surface area (Å²) >= 11 is 1.59. The third-order valence-corrected chi connectivity index (χ3v) is 10.1. The van der Waals surface area contributed by atoms with Crippen molar-refractivity contribution in [3.8, 4) is 0 Å². The first-order chi connectivity index (χ1) is 17.5. The maximum absolute atomic E-state index is 13.4. The summed E-state index contributed by atoms with van der Waals surface area (Å²) in [5, 5.41) is 1.27. The van der Waals surface area contributed by atoms with E-state index in [0.717, 1.165) is 57.8 Å². The summed E-state index contributed by atoms with van der Waals surface area (Å²) in [5.41, 5.74) is 0. The molecule has 196 valence electrons. The number of carbonyl (C=O) groups excluding carboxylic acids is 2. The van der Waals surface area contributed by atoms with Crippen LogP contribution in [0.25, 0.3) is 10.1 Å². The monoisotopic (exact) mass is 510 g/mol. The maximum atomic E-state index is 13.4. The minimum absolute atomic E-state index is 0.0984. The lowest BCUT2D eigenvalue weighted by atomic mass is 9.78. The number of hydrogen-bond donors (Lipinski definition) is 0. The number of imide groups is 1. The SMILES string of the molecule is CCC(C)[C@@H]1C(=O)N(C[C@@H]2CCCC[C@H]2CN2CCN(c3nsc4ccccc34)CC2)C(=O)[C@@H]1CC. The quantitative estimate of drug-likeness (QED) is 0.452. The van der Waals surface area contributed by atoms with Gasteiger partial charge in [-0.25, -0.2) is 0 Å². The van der Waals surface area contributed by atoms with Gasteiger partial charge in [-0.3, -0.25) is 19.4 Å². The molecule has 5 atom stereocenters. The van der Waals surface area contributed by atoms with Crippen LogP contribution < -0.4 is 4.90 Å². The first-order valence-electron chi connectivity index (χ1n) is 14.2. The Labute approximate surface area is 220 Å². The smallest absolute Gasteiger partial charge is 0.233 e. The molecule has 2 aliphatic heterocycles. The zero-order valence-electron chi connectivity index (χ0n) is 22.2. The van der Waals surface area contributed by atoms with Crippen molar-refractivity contribution in [2.45, 2.75) is 59.3 Å². The molecule has 0 spiro atoms.